The summed E-state index contributed by atoms with van der Waals surface area (Å²) < 4.78 is 1.13. The molecule has 0 bridgehead atoms. The summed E-state index contributed by atoms with van der Waals surface area (Å²) >= 11 is 3.58. The van der Waals surface area contributed by atoms with Crippen LogP contribution in [0.2, 0.25) is 0 Å². The van der Waals surface area contributed by atoms with Gasteiger partial charge in [-0.15, -0.1) is 0 Å². The van der Waals surface area contributed by atoms with E-state index < -0.39 is 0 Å². The molecule has 0 unspecified atom stereocenters. The van der Waals surface area contributed by atoms with Crippen LogP contribution < -0.4 is 5.73 Å². The predicted octanol–water partition coefficient (Wildman–Crippen LogP) is 4.11. The van der Waals surface area contributed by atoms with Gasteiger partial charge in [0.25, 0.3) is 0 Å². The van der Waals surface area contributed by atoms with Gasteiger partial charge in [-0.25, -0.2) is 0 Å². The van der Waals surface area contributed by atoms with E-state index in [1.165, 1.54) is 5.56 Å². The number of hydrogen-bond donors (Lipinski definition) is 1. The van der Waals surface area contributed by atoms with Gasteiger partial charge in [-0.2, -0.15) is 0 Å². The molecule has 0 fully saturated rings. The highest BCUT2D eigenvalue weighted by Gasteiger charge is 2.24. The van der Waals surface area contributed by atoms with Gasteiger partial charge in [0.05, 0.1) is 0 Å². The number of nitrogen functional groups attached to an aromatic ring is 1. The summed E-state index contributed by atoms with van der Waals surface area (Å²) in [6.07, 6.45) is 2.29. The first-order valence-electron chi connectivity index (χ1n) is 5.09. The Hall–Kier alpha value is -0.500. The molecular formula is C12H18BrN. The Balaban J connectivity index is 3.17. The summed E-state index contributed by atoms with van der Waals surface area (Å²) in [6.45, 7) is 6.75. The maximum absolute atomic E-state index is 5.72. The molecule has 1 aromatic rings. The molecular weight excluding hydrogens is 238 g/mol. The molecule has 1 rings (SSSR count). The van der Waals surface area contributed by atoms with Crippen LogP contribution in [0.1, 0.15) is 39.2 Å². The van der Waals surface area contributed by atoms with E-state index in [-0.39, 0.29) is 5.41 Å². The first-order valence-corrected chi connectivity index (χ1v) is 5.88. The molecule has 2 heteroatoms. The number of nitrogens with two attached hydrogens (primary N) is 1. The first-order chi connectivity index (χ1) is 6.53. The minimum atomic E-state index is 0.256. The van der Waals surface area contributed by atoms with Crippen molar-refractivity contribution in [3.8, 4) is 0 Å². The molecule has 0 radical (unpaired) electrons. The van der Waals surface area contributed by atoms with Crippen molar-refractivity contribution in [1.82, 2.24) is 0 Å². The van der Waals surface area contributed by atoms with Crippen LogP contribution >= 0.6 is 15.9 Å². The fourth-order valence-corrected chi connectivity index (χ4v) is 2.53. The molecule has 0 heterocycles. The second-order valence-electron chi connectivity index (χ2n) is 4.01. The van der Waals surface area contributed by atoms with Crippen molar-refractivity contribution in [2.75, 3.05) is 5.73 Å². The molecule has 2 N–H and O–H groups in total. The third-order valence-electron chi connectivity index (χ3n) is 3.20. The van der Waals surface area contributed by atoms with Crippen LogP contribution in [0.3, 0.4) is 0 Å². The van der Waals surface area contributed by atoms with E-state index >= 15 is 0 Å². The summed E-state index contributed by atoms with van der Waals surface area (Å²) in [4.78, 5) is 0. The van der Waals surface area contributed by atoms with Crippen LogP contribution in [0.15, 0.2) is 22.7 Å². The average molecular weight is 256 g/mol. The minimum Gasteiger partial charge on any atom is -0.399 e. The summed E-state index contributed by atoms with van der Waals surface area (Å²) in [6, 6.07) is 6.09. The third-order valence-corrected chi connectivity index (χ3v) is 3.86. The molecule has 0 saturated heterocycles. The van der Waals surface area contributed by atoms with E-state index in [1.807, 2.05) is 12.1 Å². The Morgan fingerprint density at radius 3 is 2.29 bits per heavy atom. The van der Waals surface area contributed by atoms with Crippen LogP contribution in [-0.4, -0.2) is 0 Å². The smallest absolute Gasteiger partial charge is 0.0325 e. The number of hydrogen-bond acceptors (Lipinski definition) is 1. The molecule has 14 heavy (non-hydrogen) atoms. The largest absolute Gasteiger partial charge is 0.399 e. The van der Waals surface area contributed by atoms with Crippen LogP contribution in [0.5, 0.6) is 0 Å². The standard InChI is InChI=1S/C12H18BrN/c1-4-12(3,5-2)10-7-6-9(14)8-11(10)13/h6-8H,4-5,14H2,1-3H3. The van der Waals surface area contributed by atoms with Crippen LogP contribution in [0, 0.1) is 0 Å². The van der Waals surface area contributed by atoms with Gasteiger partial charge in [0.1, 0.15) is 0 Å². The molecule has 1 nitrogen and oxygen atoms in total. The zero-order valence-corrected chi connectivity index (χ0v) is 10.7. The quantitative estimate of drug-likeness (QED) is 0.809. The Morgan fingerprint density at radius 1 is 1.29 bits per heavy atom. The van der Waals surface area contributed by atoms with Crippen LogP contribution in [0.4, 0.5) is 5.69 Å². The first kappa shape index (κ1) is 11.6. The highest BCUT2D eigenvalue weighted by atomic mass is 79.9. The summed E-state index contributed by atoms with van der Waals surface area (Å²) in [5.74, 6) is 0. The van der Waals surface area contributed by atoms with Gasteiger partial charge in [0.15, 0.2) is 0 Å². The maximum Gasteiger partial charge on any atom is 0.0325 e. The van der Waals surface area contributed by atoms with Crippen molar-refractivity contribution in [1.29, 1.82) is 0 Å². The molecule has 0 aromatic heterocycles. The van der Waals surface area contributed by atoms with Gasteiger partial charge in [-0.05, 0) is 36.0 Å². The molecule has 0 aliphatic rings. The SMILES string of the molecule is CCC(C)(CC)c1ccc(N)cc1Br. The maximum atomic E-state index is 5.72. The second-order valence-corrected chi connectivity index (χ2v) is 4.86. The lowest BCUT2D eigenvalue weighted by atomic mass is 9.78. The van der Waals surface area contributed by atoms with Crippen molar-refractivity contribution >= 4 is 21.6 Å². The highest BCUT2D eigenvalue weighted by molar-refractivity contribution is 9.10. The minimum absolute atomic E-state index is 0.256. The number of halogens is 1. The van der Waals surface area contributed by atoms with Crippen LogP contribution in [-0.2, 0) is 5.41 Å². The van der Waals surface area contributed by atoms with Crippen molar-refractivity contribution in [2.24, 2.45) is 0 Å². The van der Waals surface area contributed by atoms with E-state index in [2.05, 4.69) is 42.8 Å². The van der Waals surface area contributed by atoms with E-state index in [1.54, 1.807) is 0 Å². The number of anilines is 1. The molecule has 0 aliphatic heterocycles. The van der Waals surface area contributed by atoms with Gasteiger partial charge in [-0.1, -0.05) is 42.8 Å². The van der Waals surface area contributed by atoms with E-state index in [0.717, 1.165) is 23.0 Å². The monoisotopic (exact) mass is 255 g/mol. The van der Waals surface area contributed by atoms with Crippen LogP contribution in [0.25, 0.3) is 0 Å². The third kappa shape index (κ3) is 2.11. The molecule has 1 aromatic carbocycles. The van der Waals surface area contributed by atoms with Gasteiger partial charge >= 0.3 is 0 Å². The molecule has 0 aliphatic carbocycles. The van der Waals surface area contributed by atoms with Gasteiger partial charge < -0.3 is 5.73 Å². The van der Waals surface area contributed by atoms with Crippen molar-refractivity contribution in [3.05, 3.63) is 28.2 Å². The zero-order chi connectivity index (χ0) is 10.8. The lowest BCUT2D eigenvalue weighted by Gasteiger charge is -2.28. The Kier molecular flexibility index (Phi) is 3.59. The highest BCUT2D eigenvalue weighted by Crippen LogP contribution is 2.36. The molecule has 0 saturated carbocycles. The predicted molar refractivity (Wildman–Crippen MR) is 66.5 cm³/mol. The fourth-order valence-electron chi connectivity index (χ4n) is 1.65. The van der Waals surface area contributed by atoms with Crippen molar-refractivity contribution < 1.29 is 0 Å². The molecule has 0 amide bonds. The van der Waals surface area contributed by atoms with E-state index in [9.17, 15) is 0 Å². The average Bonchev–Trinajstić information content (AvgIpc) is 2.17. The lowest BCUT2D eigenvalue weighted by molar-refractivity contribution is 0.437. The molecule has 0 spiro atoms. The van der Waals surface area contributed by atoms with E-state index in [4.69, 9.17) is 5.73 Å². The Morgan fingerprint density at radius 2 is 1.86 bits per heavy atom. The normalized spacial score (nSPS) is 11.7. The topological polar surface area (TPSA) is 26.0 Å². The fraction of sp³-hybridized carbons (Fsp3) is 0.500. The number of rotatable bonds is 3. The van der Waals surface area contributed by atoms with Crippen molar-refractivity contribution in [2.45, 2.75) is 39.0 Å². The summed E-state index contributed by atoms with van der Waals surface area (Å²) in [5.41, 5.74) is 8.15. The Labute approximate surface area is 94.8 Å². The Bertz CT molecular complexity index is 316. The van der Waals surface area contributed by atoms with Gasteiger partial charge in [0, 0.05) is 10.2 Å². The zero-order valence-electron chi connectivity index (χ0n) is 9.10. The van der Waals surface area contributed by atoms with Gasteiger partial charge in [-0.3, -0.25) is 0 Å². The second kappa shape index (κ2) is 4.35. The van der Waals surface area contributed by atoms with E-state index in [0.29, 0.717) is 0 Å². The summed E-state index contributed by atoms with van der Waals surface area (Å²) in [7, 11) is 0. The van der Waals surface area contributed by atoms with Gasteiger partial charge in [0.2, 0.25) is 0 Å². The molecule has 0 atom stereocenters. The lowest BCUT2D eigenvalue weighted by Crippen LogP contribution is -2.20. The molecule has 78 valence electrons. The van der Waals surface area contributed by atoms with Crippen molar-refractivity contribution in [3.63, 3.8) is 0 Å². The number of benzene rings is 1. The summed E-state index contributed by atoms with van der Waals surface area (Å²) in [5, 5.41) is 0.